The highest BCUT2D eigenvalue weighted by Crippen LogP contribution is 2.19. The van der Waals surface area contributed by atoms with Crippen LogP contribution >= 0.6 is 11.3 Å². The molecular formula is C12H20N2OS. The highest BCUT2D eigenvalue weighted by molar-refractivity contribution is 7.09. The Bertz CT molecular complexity index is 308. The largest absolute Gasteiger partial charge is 0.378 e. The molecule has 4 heteroatoms. The lowest BCUT2D eigenvalue weighted by molar-refractivity contribution is 0.111. The molecule has 0 amide bonds. The number of nitrogens with zero attached hydrogens (tertiary/aromatic N) is 1. The second kappa shape index (κ2) is 6.33. The third-order valence-corrected chi connectivity index (χ3v) is 3.68. The second-order valence-electron chi connectivity index (χ2n) is 4.25. The molecule has 1 aliphatic heterocycles. The lowest BCUT2D eigenvalue weighted by Crippen LogP contribution is -2.14. The van der Waals surface area contributed by atoms with Gasteiger partial charge in [-0.25, -0.2) is 4.98 Å². The van der Waals surface area contributed by atoms with Crippen molar-refractivity contribution in [3.8, 4) is 0 Å². The lowest BCUT2D eigenvalue weighted by atomic mass is 10.2. The molecule has 90 valence electrons. The second-order valence-corrected chi connectivity index (χ2v) is 5.19. The lowest BCUT2D eigenvalue weighted by Gasteiger charge is -2.05. The Morgan fingerprint density at radius 3 is 3.31 bits per heavy atom. The first-order chi connectivity index (χ1) is 7.88. The summed E-state index contributed by atoms with van der Waals surface area (Å²) in [5.41, 5.74) is 1.17. The van der Waals surface area contributed by atoms with Gasteiger partial charge in [-0.05, 0) is 25.8 Å². The quantitative estimate of drug-likeness (QED) is 0.775. The van der Waals surface area contributed by atoms with Crippen molar-refractivity contribution in [1.82, 2.24) is 10.3 Å². The topological polar surface area (TPSA) is 34.1 Å². The van der Waals surface area contributed by atoms with Crippen LogP contribution in [-0.4, -0.2) is 24.2 Å². The van der Waals surface area contributed by atoms with Gasteiger partial charge in [0.05, 0.1) is 16.8 Å². The van der Waals surface area contributed by atoms with Gasteiger partial charge in [0.25, 0.3) is 0 Å². The summed E-state index contributed by atoms with van der Waals surface area (Å²) >= 11 is 1.76. The minimum Gasteiger partial charge on any atom is -0.378 e. The standard InChI is InChI=1S/C12H20N2OS/c1-2-5-13-8-10-9-16-12(14-10)7-11-4-3-6-15-11/h9,11,13H,2-8H2,1H3. The van der Waals surface area contributed by atoms with E-state index < -0.39 is 0 Å². The van der Waals surface area contributed by atoms with Crippen molar-refractivity contribution in [1.29, 1.82) is 0 Å². The highest BCUT2D eigenvalue weighted by Gasteiger charge is 2.17. The number of thiazole rings is 1. The van der Waals surface area contributed by atoms with Crippen LogP contribution in [0.3, 0.4) is 0 Å². The van der Waals surface area contributed by atoms with Crippen molar-refractivity contribution in [2.24, 2.45) is 0 Å². The van der Waals surface area contributed by atoms with E-state index in [0.29, 0.717) is 6.10 Å². The van der Waals surface area contributed by atoms with Crippen molar-refractivity contribution in [3.63, 3.8) is 0 Å². The van der Waals surface area contributed by atoms with Crippen LogP contribution in [0.25, 0.3) is 0 Å². The first-order valence-electron chi connectivity index (χ1n) is 6.14. The zero-order valence-corrected chi connectivity index (χ0v) is 10.7. The summed E-state index contributed by atoms with van der Waals surface area (Å²) in [4.78, 5) is 4.62. The van der Waals surface area contributed by atoms with Crippen LogP contribution in [-0.2, 0) is 17.7 Å². The van der Waals surface area contributed by atoms with Crippen molar-refractivity contribution >= 4 is 11.3 Å². The van der Waals surface area contributed by atoms with Gasteiger partial charge in [-0.1, -0.05) is 6.92 Å². The van der Waals surface area contributed by atoms with Gasteiger partial charge in [0.2, 0.25) is 0 Å². The molecule has 2 heterocycles. The van der Waals surface area contributed by atoms with Gasteiger partial charge in [0.15, 0.2) is 0 Å². The van der Waals surface area contributed by atoms with E-state index in [2.05, 4.69) is 22.6 Å². The maximum Gasteiger partial charge on any atom is 0.0954 e. The van der Waals surface area contributed by atoms with Crippen LogP contribution in [0.15, 0.2) is 5.38 Å². The molecule has 1 saturated heterocycles. The summed E-state index contributed by atoms with van der Waals surface area (Å²) in [5, 5.41) is 6.75. The Hall–Kier alpha value is -0.450. The van der Waals surface area contributed by atoms with Crippen LogP contribution in [0.2, 0.25) is 0 Å². The molecule has 0 saturated carbocycles. The van der Waals surface area contributed by atoms with Crippen LogP contribution in [0.5, 0.6) is 0 Å². The van der Waals surface area contributed by atoms with Crippen LogP contribution in [0.4, 0.5) is 0 Å². The number of aromatic nitrogens is 1. The number of nitrogens with one attached hydrogen (secondary N) is 1. The van der Waals surface area contributed by atoms with Crippen LogP contribution in [0.1, 0.15) is 36.9 Å². The average Bonchev–Trinajstić information content (AvgIpc) is 2.91. The molecule has 3 nitrogen and oxygen atoms in total. The molecule has 1 aliphatic rings. The summed E-state index contributed by atoms with van der Waals surface area (Å²) in [6, 6.07) is 0. The molecule has 0 radical (unpaired) electrons. The Labute approximate surface area is 101 Å². The SMILES string of the molecule is CCCNCc1csc(CC2CCCO2)n1. The zero-order valence-electron chi connectivity index (χ0n) is 9.87. The van der Waals surface area contributed by atoms with Gasteiger partial charge in [0.1, 0.15) is 0 Å². The summed E-state index contributed by atoms with van der Waals surface area (Å²) in [6.07, 6.45) is 5.00. The fourth-order valence-electron chi connectivity index (χ4n) is 1.92. The van der Waals surface area contributed by atoms with E-state index in [9.17, 15) is 0 Å². The molecule has 0 bridgehead atoms. The highest BCUT2D eigenvalue weighted by atomic mass is 32.1. The van der Waals surface area contributed by atoms with Gasteiger partial charge in [-0.15, -0.1) is 11.3 Å². The monoisotopic (exact) mass is 240 g/mol. The van der Waals surface area contributed by atoms with Gasteiger partial charge in [0, 0.05) is 25.0 Å². The fourth-order valence-corrected chi connectivity index (χ4v) is 2.78. The fraction of sp³-hybridized carbons (Fsp3) is 0.750. The van der Waals surface area contributed by atoms with Crippen LogP contribution < -0.4 is 5.32 Å². The van der Waals surface area contributed by atoms with Gasteiger partial charge < -0.3 is 10.1 Å². The van der Waals surface area contributed by atoms with Crippen molar-refractivity contribution in [2.45, 2.75) is 45.3 Å². The molecule has 1 unspecified atom stereocenters. The summed E-state index contributed by atoms with van der Waals surface area (Å²) < 4.78 is 5.62. The van der Waals surface area contributed by atoms with E-state index in [1.165, 1.54) is 30.0 Å². The number of rotatable bonds is 6. The number of hydrogen-bond donors (Lipinski definition) is 1. The van der Waals surface area contributed by atoms with E-state index in [4.69, 9.17) is 4.74 Å². The Morgan fingerprint density at radius 2 is 2.56 bits per heavy atom. The average molecular weight is 240 g/mol. The maximum atomic E-state index is 5.62. The molecule has 1 aromatic heterocycles. The first-order valence-corrected chi connectivity index (χ1v) is 7.02. The van der Waals surface area contributed by atoms with Crippen molar-refractivity contribution in [3.05, 3.63) is 16.1 Å². The summed E-state index contributed by atoms with van der Waals surface area (Å²) in [6.45, 7) is 5.08. The van der Waals surface area contributed by atoms with E-state index in [-0.39, 0.29) is 0 Å². The minimum atomic E-state index is 0.419. The molecule has 0 spiro atoms. The zero-order chi connectivity index (χ0) is 11.2. The first kappa shape index (κ1) is 12.0. The van der Waals surface area contributed by atoms with Gasteiger partial charge in [-0.2, -0.15) is 0 Å². The predicted molar refractivity (Wildman–Crippen MR) is 66.8 cm³/mol. The molecular weight excluding hydrogens is 220 g/mol. The Morgan fingerprint density at radius 1 is 1.62 bits per heavy atom. The number of ether oxygens (including phenoxy) is 1. The third kappa shape index (κ3) is 3.54. The normalized spacial score (nSPS) is 20.4. The van der Waals surface area contributed by atoms with Crippen molar-refractivity contribution < 1.29 is 4.74 Å². The molecule has 1 fully saturated rings. The number of hydrogen-bond acceptors (Lipinski definition) is 4. The smallest absolute Gasteiger partial charge is 0.0954 e. The maximum absolute atomic E-state index is 5.62. The molecule has 0 aliphatic carbocycles. The van der Waals surface area contributed by atoms with E-state index in [1.54, 1.807) is 11.3 Å². The molecule has 2 rings (SSSR count). The van der Waals surface area contributed by atoms with Crippen LogP contribution in [0, 0.1) is 0 Å². The minimum absolute atomic E-state index is 0.419. The van der Waals surface area contributed by atoms with Gasteiger partial charge in [-0.3, -0.25) is 0 Å². The van der Waals surface area contributed by atoms with E-state index in [1.807, 2.05) is 0 Å². The van der Waals surface area contributed by atoms with E-state index in [0.717, 1.165) is 26.1 Å². The molecule has 16 heavy (non-hydrogen) atoms. The van der Waals surface area contributed by atoms with E-state index >= 15 is 0 Å². The third-order valence-electron chi connectivity index (χ3n) is 2.76. The molecule has 1 aromatic rings. The molecule has 1 N–H and O–H groups in total. The molecule has 0 aromatic carbocycles. The van der Waals surface area contributed by atoms with Crippen molar-refractivity contribution in [2.75, 3.05) is 13.2 Å². The molecule has 1 atom stereocenters. The Kier molecular flexibility index (Phi) is 4.75. The summed E-state index contributed by atoms with van der Waals surface area (Å²) in [7, 11) is 0. The Balaban J connectivity index is 1.77. The summed E-state index contributed by atoms with van der Waals surface area (Å²) in [5.74, 6) is 0. The van der Waals surface area contributed by atoms with Gasteiger partial charge >= 0.3 is 0 Å². The predicted octanol–water partition coefficient (Wildman–Crippen LogP) is 2.36.